The molecule has 0 fully saturated rings. The Morgan fingerprint density at radius 1 is 1.33 bits per heavy atom. The normalized spacial score (nSPS) is 12.4. The van der Waals surface area contributed by atoms with Crippen molar-refractivity contribution < 1.29 is 14.3 Å². The van der Waals surface area contributed by atoms with Crippen molar-refractivity contribution in [3.05, 3.63) is 41.9 Å². The number of carbonyl (C=O) groups is 1. The Morgan fingerprint density at radius 2 is 2.10 bits per heavy atom. The van der Waals surface area contributed by atoms with Crippen LogP contribution in [0.2, 0.25) is 0 Å². The fourth-order valence-corrected chi connectivity index (χ4v) is 2.75. The number of carbonyl (C=O) groups excluding carboxylic acids is 1. The van der Waals surface area contributed by atoms with Gasteiger partial charge in [0.25, 0.3) is 5.91 Å². The van der Waals surface area contributed by atoms with Crippen LogP contribution in [0, 0.1) is 11.3 Å². The zero-order valence-electron chi connectivity index (χ0n) is 16.8. The summed E-state index contributed by atoms with van der Waals surface area (Å²) in [5, 5.41) is 28.5. The number of nitrogens with zero attached hydrogens (tertiary/aromatic N) is 5. The van der Waals surface area contributed by atoms with E-state index in [4.69, 9.17) is 5.26 Å². The minimum atomic E-state index is -1.61. The van der Waals surface area contributed by atoms with Gasteiger partial charge in [-0.2, -0.15) is 10.4 Å². The molecule has 0 unspecified atom stereocenters. The van der Waals surface area contributed by atoms with E-state index in [1.54, 1.807) is 22.8 Å². The maximum Gasteiger partial charge on any atom is 0.255 e. The molecule has 0 bridgehead atoms. The highest BCUT2D eigenvalue weighted by Crippen LogP contribution is 2.24. The Morgan fingerprint density at radius 3 is 2.77 bits per heavy atom. The van der Waals surface area contributed by atoms with Gasteiger partial charge in [-0.25, -0.2) is 13.9 Å². The number of nitriles is 1. The molecule has 0 radical (unpaired) electrons. The van der Waals surface area contributed by atoms with Crippen LogP contribution in [0.1, 0.15) is 36.7 Å². The SMILES string of the molecule is CCNc1cc(-c2cnc3cc(C#N)cnn23)ncc1C(=O)NC[C@@H](F)C(C)(C)O. The van der Waals surface area contributed by atoms with Gasteiger partial charge >= 0.3 is 0 Å². The second-order valence-corrected chi connectivity index (χ2v) is 7.25. The minimum absolute atomic E-state index is 0.247. The smallest absolute Gasteiger partial charge is 0.255 e. The van der Waals surface area contributed by atoms with Gasteiger partial charge in [0, 0.05) is 18.8 Å². The van der Waals surface area contributed by atoms with Crippen LogP contribution in [0.15, 0.2) is 30.7 Å². The topological polar surface area (TPSA) is 128 Å². The molecule has 9 nitrogen and oxygen atoms in total. The van der Waals surface area contributed by atoms with E-state index in [0.717, 1.165) is 0 Å². The minimum Gasteiger partial charge on any atom is -0.387 e. The first-order chi connectivity index (χ1) is 14.2. The number of amides is 1. The molecule has 3 aromatic rings. The van der Waals surface area contributed by atoms with Crippen LogP contribution >= 0.6 is 0 Å². The summed E-state index contributed by atoms with van der Waals surface area (Å²) in [7, 11) is 0. The van der Waals surface area contributed by atoms with E-state index in [9.17, 15) is 14.3 Å². The molecule has 3 rings (SSSR count). The Hall–Kier alpha value is -3.58. The number of aliphatic hydroxyl groups is 1. The number of imidazole rings is 1. The van der Waals surface area contributed by atoms with Gasteiger partial charge in [-0.1, -0.05) is 0 Å². The van der Waals surface area contributed by atoms with E-state index in [1.807, 2.05) is 13.0 Å². The zero-order chi connectivity index (χ0) is 21.9. The first kappa shape index (κ1) is 21.1. The van der Waals surface area contributed by atoms with Gasteiger partial charge in [0.2, 0.25) is 0 Å². The van der Waals surface area contributed by atoms with Gasteiger partial charge in [0.15, 0.2) is 5.65 Å². The first-order valence-corrected chi connectivity index (χ1v) is 9.37. The van der Waals surface area contributed by atoms with E-state index in [2.05, 4.69) is 25.7 Å². The molecule has 0 aliphatic rings. The molecule has 0 aliphatic carbocycles. The highest BCUT2D eigenvalue weighted by Gasteiger charge is 2.27. The van der Waals surface area contributed by atoms with Crippen LogP contribution in [-0.2, 0) is 0 Å². The predicted octanol–water partition coefficient (Wildman–Crippen LogP) is 1.93. The summed E-state index contributed by atoms with van der Waals surface area (Å²) in [6.45, 7) is 4.79. The van der Waals surface area contributed by atoms with Gasteiger partial charge in [-0.15, -0.1) is 0 Å². The van der Waals surface area contributed by atoms with Crippen LogP contribution in [0.4, 0.5) is 10.1 Å². The van der Waals surface area contributed by atoms with Crippen molar-refractivity contribution in [2.45, 2.75) is 32.5 Å². The van der Waals surface area contributed by atoms with Crippen LogP contribution in [-0.4, -0.2) is 55.5 Å². The first-order valence-electron chi connectivity index (χ1n) is 9.37. The summed E-state index contributed by atoms with van der Waals surface area (Å²) in [5.41, 5.74) is 1.21. The van der Waals surface area contributed by atoms with Crippen LogP contribution in [0.25, 0.3) is 17.0 Å². The second kappa shape index (κ2) is 8.42. The highest BCUT2D eigenvalue weighted by molar-refractivity contribution is 5.99. The molecular formula is C20H22FN7O2. The van der Waals surface area contributed by atoms with Crippen molar-refractivity contribution in [2.24, 2.45) is 0 Å². The third kappa shape index (κ3) is 4.36. The van der Waals surface area contributed by atoms with E-state index < -0.39 is 17.7 Å². The van der Waals surface area contributed by atoms with Crippen molar-refractivity contribution in [1.29, 1.82) is 5.26 Å². The molecule has 0 saturated heterocycles. The Balaban J connectivity index is 1.90. The predicted molar refractivity (Wildman–Crippen MR) is 109 cm³/mol. The van der Waals surface area contributed by atoms with E-state index in [0.29, 0.717) is 34.8 Å². The second-order valence-electron chi connectivity index (χ2n) is 7.25. The number of alkyl halides is 1. The number of fused-ring (bicyclic) bond motifs is 1. The van der Waals surface area contributed by atoms with E-state index >= 15 is 0 Å². The fraction of sp³-hybridized carbons (Fsp3) is 0.350. The number of nitrogens with one attached hydrogen (secondary N) is 2. The van der Waals surface area contributed by atoms with Crippen LogP contribution in [0.3, 0.4) is 0 Å². The highest BCUT2D eigenvalue weighted by atomic mass is 19.1. The molecule has 0 aromatic carbocycles. The summed E-state index contributed by atoms with van der Waals surface area (Å²) in [6.07, 6.45) is 2.79. The lowest BCUT2D eigenvalue weighted by Gasteiger charge is -2.22. The molecule has 30 heavy (non-hydrogen) atoms. The number of halogens is 1. The van der Waals surface area contributed by atoms with Crippen molar-refractivity contribution in [2.75, 3.05) is 18.4 Å². The maximum absolute atomic E-state index is 14.0. The van der Waals surface area contributed by atoms with Crippen molar-refractivity contribution in [1.82, 2.24) is 24.9 Å². The van der Waals surface area contributed by atoms with Gasteiger partial charge in [0.05, 0.1) is 47.0 Å². The fourth-order valence-electron chi connectivity index (χ4n) is 2.75. The lowest BCUT2D eigenvalue weighted by molar-refractivity contribution is -0.00177. The van der Waals surface area contributed by atoms with Gasteiger partial charge in [-0.05, 0) is 26.8 Å². The standard InChI is InChI=1S/C20H22FN7O2/c1-4-23-14-6-15(16-10-25-18-5-12(7-22)8-27-28(16)18)24-9-13(14)19(29)26-11-17(21)20(2,3)30/h5-6,8-10,17,30H,4,11H2,1-3H3,(H,23,24)(H,26,29)/t17-/m1/s1. The summed E-state index contributed by atoms with van der Waals surface area (Å²) in [5.74, 6) is -0.508. The van der Waals surface area contributed by atoms with Gasteiger partial charge in [-0.3, -0.25) is 9.78 Å². The molecule has 0 saturated carbocycles. The molecule has 3 aromatic heterocycles. The summed E-state index contributed by atoms with van der Waals surface area (Å²) < 4.78 is 15.5. The number of aromatic nitrogens is 4. The molecule has 0 spiro atoms. The number of hydrogen-bond acceptors (Lipinski definition) is 7. The van der Waals surface area contributed by atoms with Crippen molar-refractivity contribution in [3.8, 4) is 17.5 Å². The summed E-state index contributed by atoms with van der Waals surface area (Å²) in [4.78, 5) is 21.1. The summed E-state index contributed by atoms with van der Waals surface area (Å²) >= 11 is 0. The Labute approximate surface area is 172 Å². The van der Waals surface area contributed by atoms with Gasteiger partial charge in [0.1, 0.15) is 17.9 Å². The lowest BCUT2D eigenvalue weighted by atomic mass is 10.0. The third-order valence-corrected chi connectivity index (χ3v) is 4.48. The molecule has 3 N–H and O–H groups in total. The van der Waals surface area contributed by atoms with Crippen molar-refractivity contribution >= 4 is 17.2 Å². The third-order valence-electron chi connectivity index (χ3n) is 4.48. The quantitative estimate of drug-likeness (QED) is 0.542. The molecule has 0 aliphatic heterocycles. The number of hydrogen-bond donors (Lipinski definition) is 3. The molecule has 10 heteroatoms. The molecular weight excluding hydrogens is 389 g/mol. The lowest BCUT2D eigenvalue weighted by Crippen LogP contribution is -2.42. The van der Waals surface area contributed by atoms with E-state index in [1.165, 1.54) is 26.2 Å². The van der Waals surface area contributed by atoms with Crippen LogP contribution in [0.5, 0.6) is 0 Å². The zero-order valence-corrected chi connectivity index (χ0v) is 16.8. The number of pyridine rings is 1. The number of anilines is 1. The average Bonchev–Trinajstić information content (AvgIpc) is 3.14. The molecule has 156 valence electrons. The summed E-state index contributed by atoms with van der Waals surface area (Å²) in [6, 6.07) is 5.31. The Bertz CT molecular complexity index is 1110. The largest absolute Gasteiger partial charge is 0.387 e. The van der Waals surface area contributed by atoms with Gasteiger partial charge < -0.3 is 15.7 Å². The Kier molecular flexibility index (Phi) is 5.94. The monoisotopic (exact) mass is 411 g/mol. The van der Waals surface area contributed by atoms with E-state index in [-0.39, 0.29) is 12.1 Å². The molecule has 1 amide bonds. The molecule has 1 atom stereocenters. The van der Waals surface area contributed by atoms with Crippen molar-refractivity contribution in [3.63, 3.8) is 0 Å². The number of rotatable bonds is 7. The van der Waals surface area contributed by atoms with Crippen LogP contribution < -0.4 is 10.6 Å². The molecule has 3 heterocycles. The average molecular weight is 411 g/mol. The maximum atomic E-state index is 14.0.